The van der Waals surface area contributed by atoms with Crippen LogP contribution in [0.5, 0.6) is 0 Å². The zero-order valence-corrected chi connectivity index (χ0v) is 18.4. The molecule has 0 unspecified atom stereocenters. The van der Waals surface area contributed by atoms with E-state index in [4.69, 9.17) is 0 Å². The predicted molar refractivity (Wildman–Crippen MR) is 126 cm³/mol. The molecule has 1 amide bonds. The van der Waals surface area contributed by atoms with Crippen LogP contribution in [0.25, 0.3) is 22.5 Å². The molecule has 1 heterocycles. The number of amides is 1. The molecule has 148 valence electrons. The number of aromatic nitrogens is 2. The van der Waals surface area contributed by atoms with Gasteiger partial charge in [0.2, 0.25) is 5.91 Å². The Morgan fingerprint density at radius 1 is 0.800 bits per heavy atom. The second-order valence-electron chi connectivity index (χ2n) is 6.50. The maximum atomic E-state index is 12.4. The first-order chi connectivity index (χ1) is 14.7. The lowest BCUT2D eigenvalue weighted by Crippen LogP contribution is -2.14. The summed E-state index contributed by atoms with van der Waals surface area (Å²) >= 11 is 4.74. The molecule has 0 fully saturated rings. The standard InChI is InChI=1S/C24H18BrN3OS/c25-19-12-7-13-20(14-19)26-23(29)16-30-24-27-21(17-8-3-1-4-9-17)15-22(28-24)18-10-5-2-6-11-18/h1-15H,16H2,(H,26,29). The average molecular weight is 476 g/mol. The molecule has 0 atom stereocenters. The number of halogens is 1. The van der Waals surface area contributed by atoms with Crippen molar-refractivity contribution in [1.29, 1.82) is 0 Å². The molecule has 0 aliphatic carbocycles. The first-order valence-electron chi connectivity index (χ1n) is 9.35. The summed E-state index contributed by atoms with van der Waals surface area (Å²) in [6.07, 6.45) is 0. The maximum Gasteiger partial charge on any atom is 0.234 e. The number of nitrogens with zero attached hydrogens (tertiary/aromatic N) is 2. The van der Waals surface area contributed by atoms with Crippen molar-refractivity contribution in [3.05, 3.63) is 95.5 Å². The molecule has 1 aromatic heterocycles. The van der Waals surface area contributed by atoms with E-state index in [9.17, 15) is 4.79 Å². The van der Waals surface area contributed by atoms with Crippen LogP contribution in [0, 0.1) is 0 Å². The molecule has 0 spiro atoms. The number of thioether (sulfide) groups is 1. The molecule has 3 aromatic carbocycles. The summed E-state index contributed by atoms with van der Waals surface area (Å²) in [5, 5.41) is 3.47. The molecule has 0 bridgehead atoms. The molecular formula is C24H18BrN3OS. The summed E-state index contributed by atoms with van der Waals surface area (Å²) in [6.45, 7) is 0. The van der Waals surface area contributed by atoms with Gasteiger partial charge in [0.15, 0.2) is 5.16 Å². The Morgan fingerprint density at radius 3 is 1.97 bits per heavy atom. The van der Waals surface area contributed by atoms with Crippen LogP contribution in [-0.2, 0) is 4.79 Å². The van der Waals surface area contributed by atoms with Gasteiger partial charge in [0.05, 0.1) is 17.1 Å². The van der Waals surface area contributed by atoms with Gasteiger partial charge in [0, 0.05) is 21.3 Å². The van der Waals surface area contributed by atoms with Crippen LogP contribution in [-0.4, -0.2) is 21.6 Å². The van der Waals surface area contributed by atoms with E-state index in [2.05, 4.69) is 31.2 Å². The minimum Gasteiger partial charge on any atom is -0.325 e. The SMILES string of the molecule is O=C(CSc1nc(-c2ccccc2)cc(-c2ccccc2)n1)Nc1cccc(Br)c1. The van der Waals surface area contributed by atoms with Crippen molar-refractivity contribution in [2.45, 2.75) is 5.16 Å². The molecular weight excluding hydrogens is 458 g/mol. The van der Waals surface area contributed by atoms with Crippen LogP contribution < -0.4 is 5.32 Å². The molecule has 0 saturated heterocycles. The van der Waals surface area contributed by atoms with Gasteiger partial charge in [-0.15, -0.1) is 0 Å². The first kappa shape index (κ1) is 20.3. The largest absolute Gasteiger partial charge is 0.325 e. The molecule has 30 heavy (non-hydrogen) atoms. The fourth-order valence-corrected chi connectivity index (χ4v) is 3.95. The van der Waals surface area contributed by atoms with Crippen LogP contribution in [0.15, 0.2) is 101 Å². The highest BCUT2D eigenvalue weighted by atomic mass is 79.9. The fraction of sp³-hybridized carbons (Fsp3) is 0.0417. The third-order valence-electron chi connectivity index (χ3n) is 4.29. The van der Waals surface area contributed by atoms with Gasteiger partial charge in [-0.05, 0) is 24.3 Å². The summed E-state index contributed by atoms with van der Waals surface area (Å²) in [4.78, 5) is 21.8. The molecule has 0 aliphatic heterocycles. The number of hydrogen-bond donors (Lipinski definition) is 1. The summed E-state index contributed by atoms with van der Waals surface area (Å²) in [7, 11) is 0. The number of anilines is 1. The Kier molecular flexibility index (Phi) is 6.57. The minimum atomic E-state index is -0.104. The highest BCUT2D eigenvalue weighted by Crippen LogP contribution is 2.27. The Labute approximate surface area is 187 Å². The number of carbonyl (C=O) groups excluding carboxylic acids is 1. The van der Waals surface area contributed by atoms with Crippen molar-refractivity contribution in [3.63, 3.8) is 0 Å². The van der Waals surface area contributed by atoms with Gasteiger partial charge in [-0.2, -0.15) is 0 Å². The number of benzene rings is 3. The Morgan fingerprint density at radius 2 is 1.40 bits per heavy atom. The number of rotatable bonds is 6. The van der Waals surface area contributed by atoms with Crippen molar-refractivity contribution in [3.8, 4) is 22.5 Å². The second kappa shape index (κ2) is 9.69. The molecule has 6 heteroatoms. The lowest BCUT2D eigenvalue weighted by Gasteiger charge is -2.09. The Bertz CT molecular complexity index is 1100. The highest BCUT2D eigenvalue weighted by Gasteiger charge is 2.11. The topological polar surface area (TPSA) is 54.9 Å². The van der Waals surface area contributed by atoms with Crippen molar-refractivity contribution in [1.82, 2.24) is 9.97 Å². The molecule has 0 radical (unpaired) electrons. The normalized spacial score (nSPS) is 10.6. The van der Waals surface area contributed by atoms with Gasteiger partial charge in [0.1, 0.15) is 0 Å². The quantitative estimate of drug-likeness (QED) is 0.262. The summed E-state index contributed by atoms with van der Waals surface area (Å²) in [6, 6.07) is 29.5. The zero-order valence-electron chi connectivity index (χ0n) is 16.0. The molecule has 1 N–H and O–H groups in total. The van der Waals surface area contributed by atoms with E-state index in [1.807, 2.05) is 91.0 Å². The predicted octanol–water partition coefficient (Wildman–Crippen LogP) is 6.30. The lowest BCUT2D eigenvalue weighted by atomic mass is 10.1. The van der Waals surface area contributed by atoms with Crippen LogP contribution in [0.3, 0.4) is 0 Å². The van der Waals surface area contributed by atoms with Crippen molar-refractivity contribution < 1.29 is 4.79 Å². The maximum absolute atomic E-state index is 12.4. The fourth-order valence-electron chi connectivity index (χ4n) is 2.90. The molecule has 4 aromatic rings. The Balaban J connectivity index is 1.56. The van der Waals surface area contributed by atoms with Crippen molar-refractivity contribution >= 4 is 39.3 Å². The van der Waals surface area contributed by atoms with Crippen LogP contribution in [0.4, 0.5) is 5.69 Å². The third-order valence-corrected chi connectivity index (χ3v) is 5.63. The monoisotopic (exact) mass is 475 g/mol. The Hall–Kier alpha value is -2.96. The smallest absolute Gasteiger partial charge is 0.234 e. The van der Waals surface area contributed by atoms with E-state index in [1.165, 1.54) is 11.8 Å². The van der Waals surface area contributed by atoms with Gasteiger partial charge in [-0.3, -0.25) is 4.79 Å². The van der Waals surface area contributed by atoms with E-state index in [1.54, 1.807) is 0 Å². The summed E-state index contributed by atoms with van der Waals surface area (Å²) in [5.41, 5.74) is 4.44. The molecule has 4 nitrogen and oxygen atoms in total. The van der Waals surface area contributed by atoms with Gasteiger partial charge < -0.3 is 5.32 Å². The van der Waals surface area contributed by atoms with E-state index in [-0.39, 0.29) is 11.7 Å². The first-order valence-corrected chi connectivity index (χ1v) is 11.1. The number of nitrogens with one attached hydrogen (secondary N) is 1. The second-order valence-corrected chi connectivity index (χ2v) is 8.36. The number of carbonyl (C=O) groups is 1. The molecule has 4 rings (SSSR count). The van der Waals surface area contributed by atoms with Crippen molar-refractivity contribution in [2.75, 3.05) is 11.1 Å². The van der Waals surface area contributed by atoms with Crippen molar-refractivity contribution in [2.24, 2.45) is 0 Å². The lowest BCUT2D eigenvalue weighted by molar-refractivity contribution is -0.113. The average Bonchev–Trinajstić information content (AvgIpc) is 2.79. The van der Waals surface area contributed by atoms with Crippen LogP contribution in [0.2, 0.25) is 0 Å². The van der Waals surface area contributed by atoms with E-state index < -0.39 is 0 Å². The molecule has 0 saturated carbocycles. The van der Waals surface area contributed by atoms with E-state index in [0.717, 1.165) is 32.7 Å². The highest BCUT2D eigenvalue weighted by molar-refractivity contribution is 9.10. The van der Waals surface area contributed by atoms with E-state index >= 15 is 0 Å². The molecule has 0 aliphatic rings. The zero-order chi connectivity index (χ0) is 20.8. The van der Waals surface area contributed by atoms with Crippen LogP contribution in [0.1, 0.15) is 0 Å². The number of hydrogen-bond acceptors (Lipinski definition) is 4. The third kappa shape index (κ3) is 5.34. The van der Waals surface area contributed by atoms with Gasteiger partial charge in [-0.1, -0.05) is 94.4 Å². The van der Waals surface area contributed by atoms with E-state index in [0.29, 0.717) is 5.16 Å². The van der Waals surface area contributed by atoms with Gasteiger partial charge >= 0.3 is 0 Å². The van der Waals surface area contributed by atoms with Gasteiger partial charge in [-0.25, -0.2) is 9.97 Å². The van der Waals surface area contributed by atoms with Gasteiger partial charge in [0.25, 0.3) is 0 Å². The summed E-state index contributed by atoms with van der Waals surface area (Å²) < 4.78 is 0.916. The minimum absolute atomic E-state index is 0.104. The van der Waals surface area contributed by atoms with Crippen LogP contribution >= 0.6 is 27.7 Å². The summed E-state index contributed by atoms with van der Waals surface area (Å²) in [5.74, 6) is 0.118.